The maximum absolute atomic E-state index is 12.2. The molecule has 0 aliphatic rings. The summed E-state index contributed by atoms with van der Waals surface area (Å²) in [5, 5.41) is 9.64. The highest BCUT2D eigenvalue weighted by Gasteiger charge is 2.13. The minimum Gasteiger partial charge on any atom is -0.497 e. The average molecular weight is 545 g/mol. The van der Waals surface area contributed by atoms with Crippen molar-refractivity contribution in [2.24, 2.45) is 5.10 Å². The third-order valence-electron chi connectivity index (χ3n) is 4.63. The van der Waals surface area contributed by atoms with Crippen molar-refractivity contribution in [2.45, 2.75) is 0 Å². The largest absolute Gasteiger partial charge is 0.497 e. The van der Waals surface area contributed by atoms with Gasteiger partial charge in [0, 0.05) is 21.4 Å². The molecule has 3 N–H and O–H groups in total. The van der Waals surface area contributed by atoms with Crippen molar-refractivity contribution >= 4 is 58.5 Å². The van der Waals surface area contributed by atoms with Gasteiger partial charge in [0.15, 0.2) is 18.1 Å². The van der Waals surface area contributed by atoms with Gasteiger partial charge in [-0.25, -0.2) is 5.43 Å². The molecule has 0 aliphatic carbocycles. The Balaban J connectivity index is 1.52. The Kier molecular flexibility index (Phi) is 9.70. The number of nitrogens with zero attached hydrogens (tertiary/aromatic N) is 1. The Hall–Kier alpha value is -4.28. The van der Waals surface area contributed by atoms with Crippen molar-refractivity contribution in [1.82, 2.24) is 5.43 Å². The van der Waals surface area contributed by atoms with Gasteiger partial charge in [-0.1, -0.05) is 23.2 Å². The molecule has 10 nitrogen and oxygen atoms in total. The number of ether oxygens (including phenoxy) is 3. The molecule has 0 atom stereocenters. The van der Waals surface area contributed by atoms with Crippen LogP contribution in [-0.2, 0) is 14.4 Å². The molecule has 0 saturated heterocycles. The molecule has 0 fully saturated rings. The number of carbonyl (C=O) groups is 3. The van der Waals surface area contributed by atoms with Gasteiger partial charge in [0.1, 0.15) is 5.75 Å². The zero-order valence-electron chi connectivity index (χ0n) is 19.7. The van der Waals surface area contributed by atoms with Gasteiger partial charge in [-0.15, -0.1) is 0 Å². The Labute approximate surface area is 222 Å². The first-order chi connectivity index (χ1) is 17.8. The first-order valence-corrected chi connectivity index (χ1v) is 11.4. The summed E-state index contributed by atoms with van der Waals surface area (Å²) in [6, 6.07) is 15.9. The Morgan fingerprint density at radius 3 is 2.16 bits per heavy atom. The van der Waals surface area contributed by atoms with Gasteiger partial charge in [-0.2, -0.15) is 5.10 Å². The van der Waals surface area contributed by atoms with E-state index in [4.69, 9.17) is 37.4 Å². The summed E-state index contributed by atoms with van der Waals surface area (Å²) >= 11 is 11.9. The molecule has 0 bridgehead atoms. The number of nitrogens with one attached hydrogen (secondary N) is 3. The summed E-state index contributed by atoms with van der Waals surface area (Å²) < 4.78 is 15.9. The van der Waals surface area contributed by atoms with Crippen LogP contribution in [0.15, 0.2) is 65.8 Å². The molecule has 0 heterocycles. The summed E-state index contributed by atoms with van der Waals surface area (Å²) in [7, 11) is 2.96. The summed E-state index contributed by atoms with van der Waals surface area (Å²) in [6.07, 6.45) is 1.32. The van der Waals surface area contributed by atoms with Crippen LogP contribution >= 0.6 is 23.2 Å². The molecule has 0 radical (unpaired) electrons. The lowest BCUT2D eigenvalue weighted by molar-refractivity contribution is -0.136. The number of hydrogen-bond donors (Lipinski definition) is 3. The monoisotopic (exact) mass is 544 g/mol. The van der Waals surface area contributed by atoms with Crippen molar-refractivity contribution in [1.29, 1.82) is 0 Å². The smallest absolute Gasteiger partial charge is 0.329 e. The third kappa shape index (κ3) is 8.41. The van der Waals surface area contributed by atoms with Gasteiger partial charge in [0.25, 0.3) is 5.91 Å². The maximum Gasteiger partial charge on any atom is 0.329 e. The fourth-order valence-corrected chi connectivity index (χ4v) is 3.45. The SMILES string of the molecule is COc1ccc(NC(=O)C(=O)N/N=C\c2ccc(OCC(=O)Nc3cc(Cl)cc(Cl)c3)c(OC)c2)cc1. The molecule has 12 heteroatoms. The molecule has 3 amide bonds. The van der Waals surface area contributed by atoms with Gasteiger partial charge < -0.3 is 24.8 Å². The number of benzene rings is 3. The number of hydrogen-bond acceptors (Lipinski definition) is 7. The fraction of sp³-hybridized carbons (Fsp3) is 0.120. The molecule has 3 aromatic rings. The fourth-order valence-electron chi connectivity index (χ4n) is 2.93. The first-order valence-electron chi connectivity index (χ1n) is 10.6. The second kappa shape index (κ2) is 13.1. The van der Waals surface area contributed by atoms with Gasteiger partial charge >= 0.3 is 11.8 Å². The molecule has 0 spiro atoms. The number of methoxy groups -OCH3 is 2. The number of carbonyl (C=O) groups excluding carboxylic acids is 3. The van der Waals surface area contributed by atoms with Crippen LogP contribution in [0.5, 0.6) is 17.2 Å². The minimum atomic E-state index is -0.953. The second-order valence-corrected chi connectivity index (χ2v) is 8.16. The van der Waals surface area contributed by atoms with Crippen LogP contribution in [0.2, 0.25) is 10.0 Å². The van der Waals surface area contributed by atoms with Crippen LogP contribution in [0.4, 0.5) is 11.4 Å². The van der Waals surface area contributed by atoms with Crippen molar-refractivity contribution < 1.29 is 28.6 Å². The first kappa shape index (κ1) is 27.3. The van der Waals surface area contributed by atoms with E-state index in [0.717, 1.165) is 0 Å². The molecule has 192 valence electrons. The highest BCUT2D eigenvalue weighted by atomic mass is 35.5. The molecule has 37 heavy (non-hydrogen) atoms. The van der Waals surface area contributed by atoms with Crippen molar-refractivity contribution in [2.75, 3.05) is 31.5 Å². The van der Waals surface area contributed by atoms with Gasteiger partial charge in [0.2, 0.25) is 0 Å². The zero-order chi connectivity index (χ0) is 26.8. The lowest BCUT2D eigenvalue weighted by Crippen LogP contribution is -2.32. The van der Waals surface area contributed by atoms with Crippen LogP contribution in [0.3, 0.4) is 0 Å². The number of halogens is 2. The molecule has 0 aromatic heterocycles. The highest BCUT2D eigenvalue weighted by Crippen LogP contribution is 2.28. The zero-order valence-corrected chi connectivity index (χ0v) is 21.2. The van der Waals surface area contributed by atoms with E-state index in [1.807, 2.05) is 0 Å². The molecule has 0 unspecified atom stereocenters. The second-order valence-electron chi connectivity index (χ2n) is 7.29. The third-order valence-corrected chi connectivity index (χ3v) is 5.06. The van der Waals surface area contributed by atoms with Gasteiger partial charge in [0.05, 0.1) is 20.4 Å². The van der Waals surface area contributed by atoms with Crippen LogP contribution in [-0.4, -0.2) is 44.8 Å². The Morgan fingerprint density at radius 2 is 1.51 bits per heavy atom. The average Bonchev–Trinajstić information content (AvgIpc) is 2.87. The quantitative estimate of drug-likeness (QED) is 0.211. The number of anilines is 2. The van der Waals surface area contributed by atoms with Crippen LogP contribution in [0.25, 0.3) is 0 Å². The molecule has 3 rings (SSSR count). The van der Waals surface area contributed by atoms with Crippen molar-refractivity contribution in [3.05, 3.63) is 76.3 Å². The minimum absolute atomic E-state index is 0.298. The molecular weight excluding hydrogens is 523 g/mol. The van der Waals surface area contributed by atoms with E-state index in [1.165, 1.54) is 20.4 Å². The topological polar surface area (TPSA) is 127 Å². The van der Waals surface area contributed by atoms with E-state index in [-0.39, 0.29) is 6.61 Å². The van der Waals surface area contributed by atoms with Gasteiger partial charge in [-0.3, -0.25) is 14.4 Å². The van der Waals surface area contributed by atoms with E-state index in [0.29, 0.717) is 44.2 Å². The van der Waals surface area contributed by atoms with Gasteiger partial charge in [-0.05, 0) is 66.2 Å². The predicted molar refractivity (Wildman–Crippen MR) is 141 cm³/mol. The van der Waals surface area contributed by atoms with E-state index >= 15 is 0 Å². The van der Waals surface area contributed by atoms with E-state index in [2.05, 4.69) is 21.2 Å². The molecular formula is C25H22Cl2N4O6. The standard InChI is InChI=1S/C25H22Cl2N4O6/c1-35-20-6-4-18(5-7-20)30-24(33)25(34)31-28-13-15-3-8-21(22(9-15)36-2)37-14-23(32)29-19-11-16(26)10-17(27)12-19/h3-13H,14H2,1-2H3,(H,29,32)(H,30,33)(H,31,34)/b28-13-. The summed E-state index contributed by atoms with van der Waals surface area (Å²) in [5.41, 5.74) is 3.55. The Bertz CT molecular complexity index is 1290. The molecule has 0 aliphatic heterocycles. The lowest BCUT2D eigenvalue weighted by atomic mass is 10.2. The van der Waals surface area contributed by atoms with E-state index < -0.39 is 17.7 Å². The van der Waals surface area contributed by atoms with E-state index in [9.17, 15) is 14.4 Å². The van der Waals surface area contributed by atoms with Crippen LogP contribution < -0.4 is 30.3 Å². The number of hydrazone groups is 1. The summed E-state index contributed by atoms with van der Waals surface area (Å²) in [5.74, 6) is -1.02. The van der Waals surface area contributed by atoms with Crippen LogP contribution in [0, 0.1) is 0 Å². The lowest BCUT2D eigenvalue weighted by Gasteiger charge is -2.12. The summed E-state index contributed by atoms with van der Waals surface area (Å²) in [6.45, 7) is -0.298. The number of rotatable bonds is 9. The van der Waals surface area contributed by atoms with Crippen molar-refractivity contribution in [3.8, 4) is 17.2 Å². The molecule has 0 saturated carbocycles. The number of amides is 3. The predicted octanol–water partition coefficient (Wildman–Crippen LogP) is 4.12. The maximum atomic E-state index is 12.2. The normalized spacial score (nSPS) is 10.5. The van der Waals surface area contributed by atoms with Crippen LogP contribution in [0.1, 0.15) is 5.56 Å². The van der Waals surface area contributed by atoms with E-state index in [1.54, 1.807) is 60.7 Å². The highest BCUT2D eigenvalue weighted by molar-refractivity contribution is 6.39. The summed E-state index contributed by atoms with van der Waals surface area (Å²) in [4.78, 5) is 36.2. The Morgan fingerprint density at radius 1 is 0.811 bits per heavy atom. The molecule has 3 aromatic carbocycles. The van der Waals surface area contributed by atoms with Crippen molar-refractivity contribution in [3.63, 3.8) is 0 Å².